The van der Waals surface area contributed by atoms with Crippen molar-refractivity contribution in [2.75, 3.05) is 50.1 Å². The number of imidazole rings is 1. The van der Waals surface area contributed by atoms with Crippen molar-refractivity contribution in [1.29, 1.82) is 0 Å². The van der Waals surface area contributed by atoms with Gasteiger partial charge in [-0.1, -0.05) is 0 Å². The number of nitrogens with zero attached hydrogens (tertiary/aromatic N) is 6. The van der Waals surface area contributed by atoms with Crippen molar-refractivity contribution in [2.45, 2.75) is 13.8 Å². The molecule has 152 valence electrons. The van der Waals surface area contributed by atoms with Crippen LogP contribution in [0.2, 0.25) is 0 Å². The lowest BCUT2D eigenvalue weighted by Gasteiger charge is -2.32. The third-order valence-corrected chi connectivity index (χ3v) is 4.94. The van der Waals surface area contributed by atoms with Gasteiger partial charge in [-0.15, -0.1) is 10.2 Å². The highest BCUT2D eigenvalue weighted by Gasteiger charge is 2.18. The van der Waals surface area contributed by atoms with Gasteiger partial charge in [0.25, 0.3) is 5.91 Å². The first-order valence-corrected chi connectivity index (χ1v) is 9.74. The molecule has 1 fully saturated rings. The smallest absolute Gasteiger partial charge is 0.262 e. The van der Waals surface area contributed by atoms with E-state index in [1.165, 1.54) is 0 Å². The third kappa shape index (κ3) is 4.14. The number of anilines is 2. The van der Waals surface area contributed by atoms with Crippen molar-refractivity contribution in [3.05, 3.63) is 41.9 Å². The number of likely N-dealkylation sites (N-methyl/N-ethyl adjacent to an activating group) is 1. The Labute approximate surface area is 169 Å². The van der Waals surface area contributed by atoms with Crippen molar-refractivity contribution in [3.63, 3.8) is 0 Å². The van der Waals surface area contributed by atoms with Crippen molar-refractivity contribution in [3.8, 4) is 5.75 Å². The molecule has 0 aliphatic carbocycles. The Morgan fingerprint density at radius 2 is 1.97 bits per heavy atom. The molecular formula is C20H25N7O2. The zero-order chi connectivity index (χ0) is 20.4. The first kappa shape index (κ1) is 19.1. The van der Waals surface area contributed by atoms with Crippen molar-refractivity contribution >= 4 is 23.2 Å². The van der Waals surface area contributed by atoms with Gasteiger partial charge in [-0.2, -0.15) is 0 Å². The predicted molar refractivity (Wildman–Crippen MR) is 111 cm³/mol. The molecule has 0 atom stereocenters. The number of aromatic nitrogens is 4. The van der Waals surface area contributed by atoms with Crippen LogP contribution >= 0.6 is 0 Å². The van der Waals surface area contributed by atoms with E-state index in [2.05, 4.69) is 37.3 Å². The van der Waals surface area contributed by atoms with Gasteiger partial charge in [0.15, 0.2) is 11.6 Å². The lowest BCUT2D eigenvalue weighted by atomic mass is 10.2. The molecule has 1 aliphatic rings. The lowest BCUT2D eigenvalue weighted by Crippen LogP contribution is -2.44. The summed E-state index contributed by atoms with van der Waals surface area (Å²) in [6, 6.07) is 5.44. The Morgan fingerprint density at radius 1 is 1.17 bits per heavy atom. The topological polar surface area (TPSA) is 87.9 Å². The highest BCUT2D eigenvalue weighted by Crippen LogP contribution is 2.23. The molecule has 9 nitrogen and oxygen atoms in total. The van der Waals surface area contributed by atoms with Gasteiger partial charge in [0.1, 0.15) is 11.4 Å². The summed E-state index contributed by atoms with van der Waals surface area (Å²) in [5.41, 5.74) is 2.02. The highest BCUT2D eigenvalue weighted by atomic mass is 16.5. The predicted octanol–water partition coefficient (Wildman–Crippen LogP) is 1.84. The van der Waals surface area contributed by atoms with Gasteiger partial charge in [0.2, 0.25) is 0 Å². The number of fused-ring (bicyclic) bond motifs is 1. The van der Waals surface area contributed by atoms with E-state index in [4.69, 9.17) is 4.74 Å². The molecule has 4 rings (SSSR count). The minimum atomic E-state index is -0.302. The molecule has 0 bridgehead atoms. The van der Waals surface area contributed by atoms with Crippen LogP contribution < -0.4 is 15.0 Å². The van der Waals surface area contributed by atoms with E-state index in [-0.39, 0.29) is 5.91 Å². The minimum absolute atomic E-state index is 0.302. The van der Waals surface area contributed by atoms with Gasteiger partial charge in [-0.25, -0.2) is 4.98 Å². The van der Waals surface area contributed by atoms with E-state index in [9.17, 15) is 4.79 Å². The van der Waals surface area contributed by atoms with Crippen molar-refractivity contribution < 1.29 is 9.53 Å². The molecule has 9 heteroatoms. The molecule has 29 heavy (non-hydrogen) atoms. The van der Waals surface area contributed by atoms with Gasteiger partial charge in [-0.05, 0) is 33.0 Å². The fraction of sp³-hybridized carbons (Fsp3) is 0.400. The second-order valence-electron chi connectivity index (χ2n) is 7.15. The fourth-order valence-corrected chi connectivity index (χ4v) is 3.37. The highest BCUT2D eigenvalue weighted by molar-refractivity contribution is 6.05. The normalized spacial score (nSPS) is 14.9. The molecule has 3 aromatic heterocycles. The number of rotatable bonds is 5. The Hall–Kier alpha value is -3.20. The molecule has 0 aromatic carbocycles. The summed E-state index contributed by atoms with van der Waals surface area (Å²) in [6.45, 7) is 8.07. The number of amides is 1. The number of carbonyl (C=O) groups is 1. The van der Waals surface area contributed by atoms with E-state index in [0.717, 1.165) is 43.3 Å². The maximum absolute atomic E-state index is 12.9. The molecule has 1 N–H and O–H groups in total. The first-order chi connectivity index (χ1) is 14.0. The van der Waals surface area contributed by atoms with Crippen molar-refractivity contribution in [1.82, 2.24) is 24.5 Å². The van der Waals surface area contributed by atoms with Crippen LogP contribution in [-0.2, 0) is 0 Å². The van der Waals surface area contributed by atoms with Gasteiger partial charge in [-0.3, -0.25) is 4.79 Å². The Balaban J connectivity index is 1.52. The van der Waals surface area contributed by atoms with E-state index < -0.39 is 0 Å². The number of hydrogen-bond acceptors (Lipinski definition) is 7. The van der Waals surface area contributed by atoms with Crippen LogP contribution in [0.3, 0.4) is 0 Å². The van der Waals surface area contributed by atoms with Crippen LogP contribution in [0.15, 0.2) is 30.6 Å². The number of hydrogen-bond donors (Lipinski definition) is 1. The maximum atomic E-state index is 12.9. The molecule has 3 aromatic rings. The van der Waals surface area contributed by atoms with Crippen LogP contribution in [0.1, 0.15) is 23.0 Å². The second kappa shape index (κ2) is 8.04. The SMILES string of the molecule is CCOc1cc2nc(C)cn2cc1C(=O)Nc1ccc(N2CCN(C)CC2)nn1. The third-order valence-electron chi connectivity index (χ3n) is 4.94. The number of ether oxygens (including phenoxy) is 1. The quantitative estimate of drug-likeness (QED) is 0.705. The Morgan fingerprint density at radius 3 is 2.66 bits per heavy atom. The average Bonchev–Trinajstić information content (AvgIpc) is 3.08. The van der Waals surface area contributed by atoms with Gasteiger partial charge < -0.3 is 24.3 Å². The lowest BCUT2D eigenvalue weighted by molar-refractivity contribution is 0.102. The number of carbonyl (C=O) groups excluding carboxylic acids is 1. The zero-order valence-electron chi connectivity index (χ0n) is 16.9. The van der Waals surface area contributed by atoms with E-state index in [1.54, 1.807) is 18.3 Å². The monoisotopic (exact) mass is 395 g/mol. The Bertz CT molecular complexity index is 1010. The van der Waals surface area contributed by atoms with Crippen LogP contribution in [0.5, 0.6) is 5.75 Å². The van der Waals surface area contributed by atoms with Gasteiger partial charge in [0.05, 0.1) is 17.9 Å². The van der Waals surface area contributed by atoms with Gasteiger partial charge >= 0.3 is 0 Å². The summed E-state index contributed by atoms with van der Waals surface area (Å²) in [7, 11) is 2.11. The van der Waals surface area contributed by atoms with Crippen LogP contribution in [0.4, 0.5) is 11.6 Å². The molecule has 0 radical (unpaired) electrons. The zero-order valence-corrected chi connectivity index (χ0v) is 16.9. The number of pyridine rings is 1. The molecule has 0 unspecified atom stereocenters. The number of nitrogens with one attached hydrogen (secondary N) is 1. The maximum Gasteiger partial charge on any atom is 0.262 e. The summed E-state index contributed by atoms with van der Waals surface area (Å²) >= 11 is 0. The standard InChI is InChI=1S/C20H25N7O2/c1-4-29-16-11-19-21-14(2)12-27(19)13-15(16)20(28)22-17-5-6-18(24-23-17)26-9-7-25(3)8-10-26/h5-6,11-13H,4,7-10H2,1-3H3,(H,22,23,28). The molecule has 0 spiro atoms. The summed E-state index contributed by atoms with van der Waals surface area (Å²) < 4.78 is 7.47. The summed E-state index contributed by atoms with van der Waals surface area (Å²) in [4.78, 5) is 21.8. The molecule has 1 aliphatic heterocycles. The molecule has 4 heterocycles. The van der Waals surface area contributed by atoms with E-state index in [0.29, 0.717) is 23.7 Å². The summed E-state index contributed by atoms with van der Waals surface area (Å²) in [5.74, 6) is 1.41. The van der Waals surface area contributed by atoms with Gasteiger partial charge in [0, 0.05) is 44.6 Å². The molecular weight excluding hydrogens is 370 g/mol. The second-order valence-corrected chi connectivity index (χ2v) is 7.15. The largest absolute Gasteiger partial charge is 0.493 e. The molecule has 0 saturated carbocycles. The van der Waals surface area contributed by atoms with E-state index >= 15 is 0 Å². The molecule has 1 amide bonds. The minimum Gasteiger partial charge on any atom is -0.493 e. The average molecular weight is 395 g/mol. The summed E-state index contributed by atoms with van der Waals surface area (Å²) in [6.07, 6.45) is 3.59. The summed E-state index contributed by atoms with van der Waals surface area (Å²) in [5, 5.41) is 11.3. The van der Waals surface area contributed by atoms with Crippen LogP contribution in [0.25, 0.3) is 5.65 Å². The van der Waals surface area contributed by atoms with E-state index in [1.807, 2.05) is 30.5 Å². The fourth-order valence-electron chi connectivity index (χ4n) is 3.37. The van der Waals surface area contributed by atoms with Crippen LogP contribution in [0, 0.1) is 6.92 Å². The first-order valence-electron chi connectivity index (χ1n) is 9.74. The van der Waals surface area contributed by atoms with Crippen molar-refractivity contribution in [2.24, 2.45) is 0 Å². The van der Waals surface area contributed by atoms with Crippen LogP contribution in [-0.4, -0.2) is 70.2 Å². The molecule has 1 saturated heterocycles. The number of aryl methyl sites for hydroxylation is 1. The number of piperazine rings is 1. The Kier molecular flexibility index (Phi) is 5.30.